The summed E-state index contributed by atoms with van der Waals surface area (Å²) in [6.07, 6.45) is -4.57. The van der Waals surface area contributed by atoms with Gasteiger partial charge in [-0.15, -0.1) is 11.8 Å². The van der Waals surface area contributed by atoms with Crippen molar-refractivity contribution in [1.82, 2.24) is 0 Å². The third-order valence-corrected chi connectivity index (χ3v) is 4.33. The van der Waals surface area contributed by atoms with Gasteiger partial charge < -0.3 is 5.32 Å². The standard InChI is InChI=1S/C15H10Cl2F3NOS/c16-9-1-4-11(5-2-9)23-8-14(22)21-10-3-6-13(17)12(7-10)15(18,19)20/h1-7H,8H2,(H,21,22). The minimum Gasteiger partial charge on any atom is -0.325 e. The number of halogens is 5. The van der Waals surface area contributed by atoms with Crippen molar-refractivity contribution in [1.29, 1.82) is 0 Å². The fourth-order valence-corrected chi connectivity index (χ4v) is 2.75. The van der Waals surface area contributed by atoms with E-state index in [0.29, 0.717) is 5.02 Å². The molecule has 0 atom stereocenters. The number of carbonyl (C=O) groups is 1. The first-order valence-corrected chi connectivity index (χ1v) is 8.05. The Labute approximate surface area is 145 Å². The summed E-state index contributed by atoms with van der Waals surface area (Å²) >= 11 is 12.5. The molecule has 8 heteroatoms. The van der Waals surface area contributed by atoms with Gasteiger partial charge in [0.1, 0.15) is 0 Å². The Kier molecular flexibility index (Phi) is 5.84. The summed E-state index contributed by atoms with van der Waals surface area (Å²) in [5, 5.41) is 2.59. The van der Waals surface area contributed by atoms with Crippen LogP contribution in [0.15, 0.2) is 47.4 Å². The predicted octanol–water partition coefficient (Wildman–Crippen LogP) is 5.74. The van der Waals surface area contributed by atoms with E-state index in [2.05, 4.69) is 5.32 Å². The summed E-state index contributed by atoms with van der Waals surface area (Å²) in [4.78, 5) is 12.7. The van der Waals surface area contributed by atoms with Crippen LogP contribution in [0.5, 0.6) is 0 Å². The molecule has 1 amide bonds. The summed E-state index contributed by atoms with van der Waals surface area (Å²) in [7, 11) is 0. The maximum absolute atomic E-state index is 12.8. The lowest BCUT2D eigenvalue weighted by molar-refractivity contribution is -0.137. The Bertz CT molecular complexity index is 705. The average Bonchev–Trinajstić information content (AvgIpc) is 2.47. The number of anilines is 1. The van der Waals surface area contributed by atoms with E-state index in [1.165, 1.54) is 17.8 Å². The molecule has 0 bridgehead atoms. The topological polar surface area (TPSA) is 29.1 Å². The van der Waals surface area contributed by atoms with E-state index in [-0.39, 0.29) is 11.4 Å². The summed E-state index contributed by atoms with van der Waals surface area (Å²) in [5.41, 5.74) is -0.939. The van der Waals surface area contributed by atoms with Gasteiger partial charge in [0, 0.05) is 15.6 Å². The van der Waals surface area contributed by atoms with Crippen LogP contribution in [0.4, 0.5) is 18.9 Å². The molecule has 0 aliphatic rings. The molecule has 0 saturated carbocycles. The quantitative estimate of drug-likeness (QED) is 0.685. The molecule has 1 N–H and O–H groups in total. The van der Waals surface area contributed by atoms with E-state index in [4.69, 9.17) is 23.2 Å². The van der Waals surface area contributed by atoms with E-state index in [1.807, 2.05) is 0 Å². The Morgan fingerprint density at radius 1 is 1.09 bits per heavy atom. The number of carbonyl (C=O) groups excluding carboxylic acids is 1. The summed E-state index contributed by atoms with van der Waals surface area (Å²) in [5.74, 6) is -0.355. The van der Waals surface area contributed by atoms with Crippen molar-refractivity contribution in [3.63, 3.8) is 0 Å². The van der Waals surface area contributed by atoms with Crippen molar-refractivity contribution < 1.29 is 18.0 Å². The van der Waals surface area contributed by atoms with Crippen molar-refractivity contribution in [2.45, 2.75) is 11.1 Å². The molecule has 0 spiro atoms. The first kappa shape index (κ1) is 18.0. The summed E-state index contributed by atoms with van der Waals surface area (Å²) in [6, 6.07) is 10.1. The fraction of sp³-hybridized carbons (Fsp3) is 0.133. The molecule has 0 aromatic heterocycles. The highest BCUT2D eigenvalue weighted by Gasteiger charge is 2.33. The molecular weight excluding hydrogens is 370 g/mol. The number of rotatable bonds is 4. The molecule has 2 rings (SSSR count). The molecule has 23 heavy (non-hydrogen) atoms. The molecule has 0 saturated heterocycles. The number of alkyl halides is 3. The largest absolute Gasteiger partial charge is 0.417 e. The van der Waals surface area contributed by atoms with Gasteiger partial charge in [-0.3, -0.25) is 4.79 Å². The zero-order valence-electron chi connectivity index (χ0n) is 11.5. The molecule has 0 aliphatic carbocycles. The van der Waals surface area contributed by atoms with Crippen molar-refractivity contribution in [3.05, 3.63) is 58.1 Å². The number of thioether (sulfide) groups is 1. The lowest BCUT2D eigenvalue weighted by Gasteiger charge is -2.11. The summed E-state index contributed by atoms with van der Waals surface area (Å²) < 4.78 is 38.3. The summed E-state index contributed by atoms with van der Waals surface area (Å²) in [6.45, 7) is 0. The smallest absolute Gasteiger partial charge is 0.325 e. The Hall–Kier alpha value is -1.37. The van der Waals surface area contributed by atoms with Crippen molar-refractivity contribution in [3.8, 4) is 0 Å². The molecule has 0 aliphatic heterocycles. The normalized spacial score (nSPS) is 11.3. The van der Waals surface area contributed by atoms with Crippen LogP contribution in [-0.2, 0) is 11.0 Å². The highest BCUT2D eigenvalue weighted by molar-refractivity contribution is 8.00. The Morgan fingerprint density at radius 3 is 2.35 bits per heavy atom. The molecule has 0 heterocycles. The first-order chi connectivity index (χ1) is 10.8. The molecule has 2 nitrogen and oxygen atoms in total. The van der Waals surface area contributed by atoms with Crippen LogP contribution in [0.25, 0.3) is 0 Å². The van der Waals surface area contributed by atoms with E-state index in [0.717, 1.165) is 17.0 Å². The van der Waals surface area contributed by atoms with Crippen molar-refractivity contribution in [2.24, 2.45) is 0 Å². The highest BCUT2D eigenvalue weighted by atomic mass is 35.5. The minimum absolute atomic E-state index is 0.0448. The van der Waals surface area contributed by atoms with Gasteiger partial charge in [0.15, 0.2) is 0 Å². The Morgan fingerprint density at radius 2 is 1.74 bits per heavy atom. The molecule has 0 fully saturated rings. The van der Waals surface area contributed by atoms with Gasteiger partial charge in [-0.1, -0.05) is 23.2 Å². The Balaban J connectivity index is 1.99. The third kappa shape index (κ3) is 5.34. The van der Waals surface area contributed by atoms with Gasteiger partial charge in [-0.25, -0.2) is 0 Å². The monoisotopic (exact) mass is 379 g/mol. The van der Waals surface area contributed by atoms with Crippen LogP contribution in [-0.4, -0.2) is 11.7 Å². The zero-order valence-corrected chi connectivity index (χ0v) is 13.8. The first-order valence-electron chi connectivity index (χ1n) is 6.30. The van der Waals surface area contributed by atoms with Crippen LogP contribution in [0.1, 0.15) is 5.56 Å². The number of hydrogen-bond donors (Lipinski definition) is 1. The maximum atomic E-state index is 12.8. The van der Waals surface area contributed by atoms with Crippen LogP contribution >= 0.6 is 35.0 Å². The van der Waals surface area contributed by atoms with Gasteiger partial charge in [-0.05, 0) is 42.5 Å². The highest BCUT2D eigenvalue weighted by Crippen LogP contribution is 2.36. The predicted molar refractivity (Wildman–Crippen MR) is 87.3 cm³/mol. The fourth-order valence-electron chi connectivity index (χ4n) is 1.70. The van der Waals surface area contributed by atoms with E-state index >= 15 is 0 Å². The van der Waals surface area contributed by atoms with Crippen molar-refractivity contribution in [2.75, 3.05) is 11.1 Å². The van der Waals surface area contributed by atoms with Crippen LogP contribution in [0.2, 0.25) is 10.0 Å². The number of amides is 1. The lowest BCUT2D eigenvalue weighted by atomic mass is 10.2. The van der Waals surface area contributed by atoms with Crippen LogP contribution in [0, 0.1) is 0 Å². The van der Waals surface area contributed by atoms with Gasteiger partial charge >= 0.3 is 6.18 Å². The zero-order chi connectivity index (χ0) is 17.0. The van der Waals surface area contributed by atoms with Gasteiger partial charge in [0.25, 0.3) is 0 Å². The lowest BCUT2D eigenvalue weighted by Crippen LogP contribution is -2.15. The van der Waals surface area contributed by atoms with Crippen LogP contribution in [0.3, 0.4) is 0 Å². The average molecular weight is 380 g/mol. The maximum Gasteiger partial charge on any atom is 0.417 e. The SMILES string of the molecule is O=C(CSc1ccc(Cl)cc1)Nc1ccc(Cl)c(C(F)(F)F)c1. The van der Waals surface area contributed by atoms with E-state index < -0.39 is 22.7 Å². The van der Waals surface area contributed by atoms with Crippen molar-refractivity contribution >= 4 is 46.6 Å². The second-order valence-corrected chi connectivity index (χ2v) is 6.38. The third-order valence-electron chi connectivity index (χ3n) is 2.74. The number of nitrogens with one attached hydrogen (secondary N) is 1. The molecule has 0 unspecified atom stereocenters. The molecular formula is C15H10Cl2F3NOS. The van der Waals surface area contributed by atoms with Gasteiger partial charge in [0.2, 0.25) is 5.91 Å². The molecule has 2 aromatic rings. The molecule has 0 radical (unpaired) electrons. The molecule has 2 aromatic carbocycles. The minimum atomic E-state index is -4.57. The second-order valence-electron chi connectivity index (χ2n) is 4.48. The van der Waals surface area contributed by atoms with E-state index in [1.54, 1.807) is 24.3 Å². The van der Waals surface area contributed by atoms with Gasteiger partial charge in [-0.2, -0.15) is 13.2 Å². The number of hydrogen-bond acceptors (Lipinski definition) is 2. The van der Waals surface area contributed by atoms with Crippen LogP contribution < -0.4 is 5.32 Å². The van der Waals surface area contributed by atoms with Gasteiger partial charge in [0.05, 0.1) is 16.3 Å². The second kappa shape index (κ2) is 7.47. The number of benzene rings is 2. The van der Waals surface area contributed by atoms with E-state index in [9.17, 15) is 18.0 Å². The molecule has 122 valence electrons.